The van der Waals surface area contributed by atoms with Gasteiger partial charge in [0.2, 0.25) is 0 Å². The molecule has 0 spiro atoms. The molecule has 14 heteroatoms. The molecule has 1 unspecified atom stereocenters. The molecule has 12 nitrogen and oxygen atoms in total. The zero-order valence-electron chi connectivity index (χ0n) is 19.8. The normalized spacial score (nSPS) is 27.0. The van der Waals surface area contributed by atoms with Gasteiger partial charge in [-0.3, -0.25) is 19.1 Å². The number of rotatable bonds is 10. The SMILES string of the molecule is CC(C)OC(=O)[C@@H](N)C[C@]1(CO[P+](=O)Oc2ccccc2)O[C@@H](n2ccc(=O)[nH]c2=O)[C@](C)(F)[C@@H]1O. The van der Waals surface area contributed by atoms with Crippen molar-refractivity contribution in [2.24, 2.45) is 5.73 Å². The number of hydrogen-bond acceptors (Lipinski definition) is 10. The predicted octanol–water partition coefficient (Wildman–Crippen LogP) is 1.32. The second-order valence-electron chi connectivity index (χ2n) is 8.80. The molecule has 0 radical (unpaired) electrons. The van der Waals surface area contributed by atoms with Gasteiger partial charge in [-0.1, -0.05) is 18.2 Å². The third kappa shape index (κ3) is 6.05. The summed E-state index contributed by atoms with van der Waals surface area (Å²) in [6.07, 6.45) is -3.81. The fraction of sp³-hybridized carbons (Fsp3) is 0.500. The Bertz CT molecular complexity index is 1200. The molecule has 1 aliphatic rings. The number of benzene rings is 1. The van der Waals surface area contributed by atoms with Crippen LogP contribution >= 0.6 is 8.25 Å². The van der Waals surface area contributed by atoms with E-state index in [0.29, 0.717) is 0 Å². The minimum absolute atomic E-state index is 0.228. The van der Waals surface area contributed by atoms with E-state index in [1.54, 1.807) is 32.0 Å². The summed E-state index contributed by atoms with van der Waals surface area (Å²) in [5.41, 5.74) is -0.445. The van der Waals surface area contributed by atoms with Crippen LogP contribution in [0.1, 0.15) is 33.4 Å². The Morgan fingerprint density at radius 1 is 1.31 bits per heavy atom. The molecule has 4 N–H and O–H groups in total. The first kappa shape index (κ1) is 27.6. The van der Waals surface area contributed by atoms with Crippen molar-refractivity contribution in [3.8, 4) is 5.75 Å². The topological polar surface area (TPSA) is 172 Å². The summed E-state index contributed by atoms with van der Waals surface area (Å²) in [6, 6.07) is 7.64. The third-order valence-electron chi connectivity index (χ3n) is 5.52. The molecule has 2 heterocycles. The first-order chi connectivity index (χ1) is 16.9. The Morgan fingerprint density at radius 3 is 2.58 bits per heavy atom. The van der Waals surface area contributed by atoms with Gasteiger partial charge in [-0.25, -0.2) is 13.7 Å². The first-order valence-corrected chi connectivity index (χ1v) is 12.1. The predicted molar refractivity (Wildman–Crippen MR) is 124 cm³/mol. The number of carbonyl (C=O) groups excluding carboxylic acids is 1. The molecule has 196 valence electrons. The highest BCUT2D eigenvalue weighted by molar-refractivity contribution is 7.33. The van der Waals surface area contributed by atoms with Crippen LogP contribution in [0.2, 0.25) is 0 Å². The summed E-state index contributed by atoms with van der Waals surface area (Å²) in [4.78, 5) is 38.2. The van der Waals surface area contributed by atoms with Crippen molar-refractivity contribution in [3.63, 3.8) is 0 Å². The number of H-pyrrole nitrogens is 1. The number of aliphatic hydroxyl groups is 1. The van der Waals surface area contributed by atoms with Crippen LogP contribution in [0, 0.1) is 0 Å². The van der Waals surface area contributed by atoms with Crippen molar-refractivity contribution >= 4 is 14.2 Å². The molecular formula is C22H28FN3O9P+. The molecule has 3 rings (SSSR count). The molecule has 0 saturated carbocycles. The molecule has 1 aromatic heterocycles. The van der Waals surface area contributed by atoms with E-state index in [2.05, 4.69) is 0 Å². The monoisotopic (exact) mass is 528 g/mol. The van der Waals surface area contributed by atoms with Crippen molar-refractivity contribution in [2.75, 3.05) is 6.61 Å². The largest absolute Gasteiger partial charge is 0.750 e. The summed E-state index contributed by atoms with van der Waals surface area (Å²) in [6.45, 7) is 3.45. The Balaban J connectivity index is 1.92. The maximum absolute atomic E-state index is 15.9. The summed E-state index contributed by atoms with van der Waals surface area (Å²) in [7, 11) is -2.82. The highest BCUT2D eigenvalue weighted by Gasteiger charge is 2.65. The maximum atomic E-state index is 15.9. The Labute approximate surface area is 206 Å². The van der Waals surface area contributed by atoms with E-state index < -0.39 is 74.2 Å². The van der Waals surface area contributed by atoms with Crippen molar-refractivity contribution in [1.29, 1.82) is 0 Å². The van der Waals surface area contributed by atoms with E-state index in [4.69, 9.17) is 24.3 Å². The Kier molecular flexibility index (Phi) is 8.42. The first-order valence-electron chi connectivity index (χ1n) is 11.0. The van der Waals surface area contributed by atoms with Crippen molar-refractivity contribution in [3.05, 3.63) is 63.4 Å². The van der Waals surface area contributed by atoms with Gasteiger partial charge >= 0.3 is 19.9 Å². The molecule has 1 aromatic carbocycles. The maximum Gasteiger partial charge on any atom is 0.750 e. The smallest absolute Gasteiger partial charge is 0.462 e. The van der Waals surface area contributed by atoms with E-state index in [1.807, 2.05) is 4.98 Å². The van der Waals surface area contributed by atoms with Gasteiger partial charge in [0.25, 0.3) is 5.56 Å². The lowest BCUT2D eigenvalue weighted by Crippen LogP contribution is -2.54. The third-order valence-corrected chi connectivity index (χ3v) is 6.22. The van der Waals surface area contributed by atoms with Gasteiger partial charge in [0, 0.05) is 23.2 Å². The van der Waals surface area contributed by atoms with Gasteiger partial charge in [0.15, 0.2) is 17.6 Å². The fourth-order valence-electron chi connectivity index (χ4n) is 3.85. The van der Waals surface area contributed by atoms with Gasteiger partial charge in [0.1, 0.15) is 24.4 Å². The number of nitrogens with two attached hydrogens (primary N) is 1. The van der Waals surface area contributed by atoms with Gasteiger partial charge < -0.3 is 20.3 Å². The highest BCUT2D eigenvalue weighted by Crippen LogP contribution is 2.49. The minimum Gasteiger partial charge on any atom is -0.462 e. The van der Waals surface area contributed by atoms with Crippen molar-refractivity contribution in [2.45, 2.75) is 62.9 Å². The number of carbonyl (C=O) groups is 1. The van der Waals surface area contributed by atoms with Crippen LogP contribution in [-0.2, 0) is 23.4 Å². The quantitative estimate of drug-likeness (QED) is 0.302. The number of hydrogen-bond donors (Lipinski definition) is 3. The van der Waals surface area contributed by atoms with Gasteiger partial charge in [-0.05, 0) is 32.9 Å². The van der Waals surface area contributed by atoms with Gasteiger partial charge in [-0.15, -0.1) is 4.52 Å². The zero-order valence-corrected chi connectivity index (χ0v) is 20.7. The Hall–Kier alpha value is -2.96. The summed E-state index contributed by atoms with van der Waals surface area (Å²) in [5, 5.41) is 11.0. The van der Waals surface area contributed by atoms with E-state index in [1.165, 1.54) is 12.1 Å². The number of alkyl halides is 1. The van der Waals surface area contributed by atoms with Crippen LogP contribution in [0.4, 0.5) is 4.39 Å². The molecule has 0 bridgehead atoms. The second kappa shape index (κ2) is 11.0. The number of aliphatic hydroxyl groups excluding tert-OH is 1. The second-order valence-corrected chi connectivity index (χ2v) is 9.69. The van der Waals surface area contributed by atoms with Crippen LogP contribution in [0.3, 0.4) is 0 Å². The number of halogens is 1. The zero-order chi connectivity index (χ0) is 26.7. The average Bonchev–Trinajstić information content (AvgIpc) is 2.99. The molecule has 0 aliphatic carbocycles. The number of nitrogens with one attached hydrogen (secondary N) is 1. The van der Waals surface area contributed by atoms with Crippen LogP contribution in [0.15, 0.2) is 52.2 Å². The molecule has 36 heavy (non-hydrogen) atoms. The van der Waals surface area contributed by atoms with Crippen LogP contribution in [0.5, 0.6) is 5.75 Å². The lowest BCUT2D eigenvalue weighted by Gasteiger charge is -2.32. The van der Waals surface area contributed by atoms with Crippen molar-refractivity contribution in [1.82, 2.24) is 9.55 Å². The van der Waals surface area contributed by atoms with Crippen molar-refractivity contribution < 1.29 is 37.4 Å². The van der Waals surface area contributed by atoms with Crippen LogP contribution in [0.25, 0.3) is 0 Å². The molecule has 1 saturated heterocycles. The van der Waals surface area contributed by atoms with E-state index in [-0.39, 0.29) is 5.75 Å². The highest BCUT2D eigenvalue weighted by atomic mass is 31.1. The van der Waals surface area contributed by atoms with Gasteiger partial charge in [-0.2, -0.15) is 0 Å². The molecule has 0 amide bonds. The number of aromatic nitrogens is 2. The van der Waals surface area contributed by atoms with Crippen LogP contribution < -0.4 is 21.5 Å². The number of aromatic amines is 1. The average molecular weight is 528 g/mol. The molecular weight excluding hydrogens is 500 g/mol. The lowest BCUT2D eigenvalue weighted by atomic mass is 9.84. The number of para-hydroxylation sites is 1. The minimum atomic E-state index is -2.82. The van der Waals surface area contributed by atoms with E-state index in [0.717, 1.165) is 23.8 Å². The molecule has 1 fully saturated rings. The molecule has 1 aliphatic heterocycles. The standard InChI is InChI=1S/C22H27FN3O9P/c1-13(2)33-17(28)15(24)11-22(12-32-36(31)35-14-7-5-4-6-8-14)18(29)21(3,23)19(34-22)26-10-9-16(27)25-20(26)30/h4-10,13,15,18-19,29H,11-12,24H2,1-3H3/p+1/t15-,18-,19+,21+,22+/m0/s1. The lowest BCUT2D eigenvalue weighted by molar-refractivity contribution is -0.157. The fourth-order valence-corrected chi connectivity index (χ4v) is 4.53. The van der Waals surface area contributed by atoms with Crippen LogP contribution in [-0.4, -0.2) is 56.8 Å². The Morgan fingerprint density at radius 2 is 1.97 bits per heavy atom. The number of esters is 1. The summed E-state index contributed by atoms with van der Waals surface area (Å²) >= 11 is 0. The number of ether oxygens (including phenoxy) is 2. The molecule has 2 aromatic rings. The molecule has 6 atom stereocenters. The summed E-state index contributed by atoms with van der Waals surface area (Å²) in [5.74, 6) is -0.624. The van der Waals surface area contributed by atoms with Gasteiger partial charge in [0.05, 0.1) is 6.10 Å². The number of nitrogens with zero attached hydrogens (tertiary/aromatic N) is 1. The van der Waals surface area contributed by atoms with E-state index in [9.17, 15) is 24.1 Å². The summed E-state index contributed by atoms with van der Waals surface area (Å²) < 4.78 is 50.5. The van der Waals surface area contributed by atoms with E-state index >= 15 is 4.39 Å².